The molecule has 2 rings (SSSR count). The molecule has 0 atom stereocenters. The molecular formula is C9H7N4+. The van der Waals surface area contributed by atoms with Gasteiger partial charge in [0.1, 0.15) is 0 Å². The highest BCUT2D eigenvalue weighted by Gasteiger charge is 2.11. The molecule has 0 aromatic heterocycles. The summed E-state index contributed by atoms with van der Waals surface area (Å²) in [5, 5.41) is 12.3. The first-order chi connectivity index (χ1) is 6.40. The number of hydrazone groups is 1. The maximum Gasteiger partial charge on any atom is 0.486 e. The van der Waals surface area contributed by atoms with Crippen LogP contribution in [0.25, 0.3) is 11.1 Å². The molecule has 0 amide bonds. The summed E-state index contributed by atoms with van der Waals surface area (Å²) in [5.74, 6) is 0.260. The molecule has 1 N–H and O–H groups in total. The van der Waals surface area contributed by atoms with Gasteiger partial charge in [0.25, 0.3) is 0 Å². The van der Waals surface area contributed by atoms with Crippen molar-refractivity contribution in [2.24, 2.45) is 5.10 Å². The second-order valence-corrected chi connectivity index (χ2v) is 2.60. The van der Waals surface area contributed by atoms with Gasteiger partial charge in [0.05, 0.1) is 22.3 Å². The van der Waals surface area contributed by atoms with Crippen LogP contribution in [0.2, 0.25) is 0 Å². The van der Waals surface area contributed by atoms with Crippen LogP contribution < -0.4 is 5.43 Å². The van der Waals surface area contributed by atoms with Crippen molar-refractivity contribution in [3.05, 3.63) is 40.9 Å². The van der Waals surface area contributed by atoms with Gasteiger partial charge in [0.2, 0.25) is 0 Å². The Kier molecular flexibility index (Phi) is 1.77. The standard InChI is InChI=1S/C9H7N4/c10-11-9-6-5-7-3-1-2-4-8(7)12-13-9/h1-6,12H/q+1. The number of benzene rings is 1. The zero-order chi connectivity index (χ0) is 9.10. The molecule has 0 saturated heterocycles. The lowest BCUT2D eigenvalue weighted by Crippen LogP contribution is -1.91. The number of hydrogen-bond acceptors (Lipinski definition) is 3. The van der Waals surface area contributed by atoms with Crippen molar-refractivity contribution < 1.29 is 0 Å². The Balaban J connectivity index is 2.46. The Morgan fingerprint density at radius 1 is 1.23 bits per heavy atom. The predicted octanol–water partition coefficient (Wildman–Crippen LogP) is 2.29. The van der Waals surface area contributed by atoms with Gasteiger partial charge in [-0.15, -0.1) is 0 Å². The lowest BCUT2D eigenvalue weighted by atomic mass is 10.2. The number of nitrogens with zero attached hydrogens (tertiary/aromatic N) is 3. The minimum absolute atomic E-state index is 0.260. The fourth-order valence-electron chi connectivity index (χ4n) is 1.12. The summed E-state index contributed by atoms with van der Waals surface area (Å²) in [6, 6.07) is 7.71. The summed E-state index contributed by atoms with van der Waals surface area (Å²) < 4.78 is 0. The van der Waals surface area contributed by atoms with E-state index >= 15 is 0 Å². The highest BCUT2D eigenvalue weighted by Crippen LogP contribution is 2.18. The first-order valence-corrected chi connectivity index (χ1v) is 3.86. The Bertz CT molecular complexity index is 425. The minimum Gasteiger partial charge on any atom is -0.184 e. The molecule has 1 aromatic rings. The van der Waals surface area contributed by atoms with E-state index in [1.807, 2.05) is 30.3 Å². The van der Waals surface area contributed by atoms with E-state index < -0.39 is 0 Å². The van der Waals surface area contributed by atoms with Gasteiger partial charge in [-0.3, -0.25) is 0 Å². The number of nitrogens with one attached hydrogen (secondary N) is 1. The number of para-hydroxylation sites is 1. The number of hydrogen-bond donors (Lipinski definition) is 1. The number of anilines is 1. The topological polar surface area (TPSA) is 52.5 Å². The maximum absolute atomic E-state index is 8.50. The van der Waals surface area contributed by atoms with Gasteiger partial charge in [-0.05, 0) is 12.1 Å². The van der Waals surface area contributed by atoms with Crippen LogP contribution in [0.3, 0.4) is 0 Å². The van der Waals surface area contributed by atoms with E-state index in [-0.39, 0.29) is 5.84 Å². The van der Waals surface area contributed by atoms with Crippen LogP contribution in [0.4, 0.5) is 5.69 Å². The molecule has 0 radical (unpaired) electrons. The molecule has 4 heteroatoms. The molecule has 0 unspecified atom stereocenters. The van der Waals surface area contributed by atoms with Crippen molar-refractivity contribution in [1.82, 2.24) is 0 Å². The molecule has 1 aliphatic heterocycles. The molecule has 0 fully saturated rings. The third-order valence-electron chi connectivity index (χ3n) is 1.77. The van der Waals surface area contributed by atoms with Crippen LogP contribution in [-0.2, 0) is 0 Å². The Labute approximate surface area is 75.2 Å². The number of amidine groups is 1. The lowest BCUT2D eigenvalue weighted by molar-refractivity contribution is 1.33. The van der Waals surface area contributed by atoms with Crippen LogP contribution in [-0.4, -0.2) is 5.84 Å². The zero-order valence-corrected chi connectivity index (χ0v) is 6.81. The van der Waals surface area contributed by atoms with E-state index in [4.69, 9.17) is 5.39 Å². The van der Waals surface area contributed by atoms with Gasteiger partial charge in [0.15, 0.2) is 0 Å². The Morgan fingerprint density at radius 3 is 2.92 bits per heavy atom. The molecule has 0 spiro atoms. The van der Waals surface area contributed by atoms with Gasteiger partial charge in [-0.1, -0.05) is 18.2 Å². The van der Waals surface area contributed by atoms with E-state index in [0.717, 1.165) is 11.3 Å². The molecule has 1 aromatic carbocycles. The molecule has 13 heavy (non-hydrogen) atoms. The summed E-state index contributed by atoms with van der Waals surface area (Å²) in [6.07, 6.45) is 3.48. The SMILES string of the molecule is N#[N+]C1=NNc2ccccc2C=C1. The van der Waals surface area contributed by atoms with Gasteiger partial charge in [-0.25, -0.2) is 0 Å². The van der Waals surface area contributed by atoms with Crippen molar-refractivity contribution in [3.63, 3.8) is 0 Å². The smallest absolute Gasteiger partial charge is 0.184 e. The normalized spacial score (nSPS) is 13.3. The Hall–Kier alpha value is -2.15. The van der Waals surface area contributed by atoms with Gasteiger partial charge in [0, 0.05) is 10.5 Å². The van der Waals surface area contributed by atoms with Gasteiger partial charge >= 0.3 is 5.84 Å². The van der Waals surface area contributed by atoms with Crippen molar-refractivity contribution in [2.75, 3.05) is 5.43 Å². The van der Waals surface area contributed by atoms with E-state index in [1.54, 1.807) is 6.08 Å². The van der Waals surface area contributed by atoms with Gasteiger partial charge in [-0.2, -0.15) is 5.43 Å². The average Bonchev–Trinajstić information content (AvgIpc) is 2.39. The van der Waals surface area contributed by atoms with Crippen LogP contribution >= 0.6 is 0 Å². The fourth-order valence-corrected chi connectivity index (χ4v) is 1.12. The summed E-state index contributed by atoms with van der Waals surface area (Å²) in [4.78, 5) is 2.99. The van der Waals surface area contributed by atoms with E-state index in [2.05, 4.69) is 15.5 Å². The van der Waals surface area contributed by atoms with Crippen LogP contribution in [0.15, 0.2) is 35.4 Å². The first kappa shape index (κ1) is 7.50. The van der Waals surface area contributed by atoms with Crippen molar-refractivity contribution in [2.45, 2.75) is 0 Å². The van der Waals surface area contributed by atoms with Gasteiger partial charge < -0.3 is 0 Å². The molecule has 0 bridgehead atoms. The molecule has 1 aliphatic rings. The summed E-state index contributed by atoms with van der Waals surface area (Å²) in [5.41, 5.74) is 4.72. The number of fused-ring (bicyclic) bond motifs is 1. The number of rotatable bonds is 0. The van der Waals surface area contributed by atoms with Crippen LogP contribution in [0.1, 0.15) is 5.56 Å². The second-order valence-electron chi connectivity index (χ2n) is 2.60. The third kappa shape index (κ3) is 1.40. The van der Waals surface area contributed by atoms with Crippen molar-refractivity contribution in [1.29, 1.82) is 5.39 Å². The van der Waals surface area contributed by atoms with Crippen molar-refractivity contribution >= 4 is 17.6 Å². The lowest BCUT2D eigenvalue weighted by Gasteiger charge is -1.97. The van der Waals surface area contributed by atoms with E-state index in [1.165, 1.54) is 0 Å². The quantitative estimate of drug-likeness (QED) is 0.609. The molecule has 0 saturated carbocycles. The highest BCUT2D eigenvalue weighted by atomic mass is 15.3. The minimum atomic E-state index is 0.260. The van der Waals surface area contributed by atoms with Crippen molar-refractivity contribution in [3.8, 4) is 0 Å². The number of diazo groups is 1. The first-order valence-electron chi connectivity index (χ1n) is 3.86. The van der Waals surface area contributed by atoms with Crippen LogP contribution in [0.5, 0.6) is 0 Å². The molecule has 0 aliphatic carbocycles. The maximum atomic E-state index is 8.50. The monoisotopic (exact) mass is 171 g/mol. The molecule has 1 heterocycles. The second kappa shape index (κ2) is 3.07. The molecular weight excluding hydrogens is 164 g/mol. The largest absolute Gasteiger partial charge is 0.486 e. The molecule has 4 nitrogen and oxygen atoms in total. The summed E-state index contributed by atoms with van der Waals surface area (Å²) >= 11 is 0. The predicted molar refractivity (Wildman–Crippen MR) is 51.6 cm³/mol. The summed E-state index contributed by atoms with van der Waals surface area (Å²) in [6.45, 7) is 0. The highest BCUT2D eigenvalue weighted by molar-refractivity contribution is 6.04. The van der Waals surface area contributed by atoms with Crippen LogP contribution in [0, 0.1) is 5.39 Å². The zero-order valence-electron chi connectivity index (χ0n) is 6.81. The fraction of sp³-hybridized carbons (Fsp3) is 0. The average molecular weight is 171 g/mol. The Morgan fingerprint density at radius 2 is 2.08 bits per heavy atom. The van der Waals surface area contributed by atoms with E-state index in [0.29, 0.717) is 0 Å². The van der Waals surface area contributed by atoms with E-state index in [9.17, 15) is 0 Å². The third-order valence-corrected chi connectivity index (χ3v) is 1.77. The molecule has 62 valence electrons. The summed E-state index contributed by atoms with van der Waals surface area (Å²) in [7, 11) is 0.